The number of nitrogens with one attached hydrogen (secondary N) is 1. The summed E-state index contributed by atoms with van der Waals surface area (Å²) in [5.41, 5.74) is 6.00. The Hall–Kier alpha value is -0.480. The Morgan fingerprint density at radius 2 is 1.79 bits per heavy atom. The van der Waals surface area contributed by atoms with Gasteiger partial charge in [0.05, 0.1) is 0 Å². The van der Waals surface area contributed by atoms with Crippen LogP contribution in [0.5, 0.6) is 0 Å². The maximum Gasteiger partial charge on any atom is 0.404 e. The van der Waals surface area contributed by atoms with Gasteiger partial charge in [0.15, 0.2) is 0 Å². The van der Waals surface area contributed by atoms with Crippen LogP contribution in [0.15, 0.2) is 0 Å². The van der Waals surface area contributed by atoms with Crippen molar-refractivity contribution in [1.29, 1.82) is 0 Å². The van der Waals surface area contributed by atoms with Gasteiger partial charge in [-0.05, 0) is 37.5 Å². The molecule has 0 aromatic heterocycles. The standard InChI is InChI=1S/C9H16N2O2.ClH/c10-8-5-1-2-6(8)4-7(3-5)11-9(12)13;/h5-8,11H,1-4,10H2,(H,12,13);1H/t5-,6+,7?,8?;. The van der Waals surface area contributed by atoms with Crippen LogP contribution < -0.4 is 11.1 Å². The van der Waals surface area contributed by atoms with Crippen molar-refractivity contribution >= 4 is 18.5 Å². The van der Waals surface area contributed by atoms with E-state index < -0.39 is 6.09 Å². The lowest BCUT2D eigenvalue weighted by Crippen LogP contribution is -2.46. The maximum absolute atomic E-state index is 10.4. The van der Waals surface area contributed by atoms with Gasteiger partial charge in [-0.2, -0.15) is 0 Å². The molecule has 2 saturated carbocycles. The molecule has 2 fully saturated rings. The molecule has 14 heavy (non-hydrogen) atoms. The van der Waals surface area contributed by atoms with Gasteiger partial charge in [-0.3, -0.25) is 0 Å². The molecule has 4 atom stereocenters. The van der Waals surface area contributed by atoms with E-state index in [2.05, 4.69) is 5.32 Å². The monoisotopic (exact) mass is 220 g/mol. The number of hydrogen-bond acceptors (Lipinski definition) is 2. The maximum atomic E-state index is 10.4. The van der Waals surface area contributed by atoms with Gasteiger partial charge in [0, 0.05) is 12.1 Å². The summed E-state index contributed by atoms with van der Waals surface area (Å²) in [4.78, 5) is 10.4. The highest BCUT2D eigenvalue weighted by molar-refractivity contribution is 5.85. The van der Waals surface area contributed by atoms with E-state index in [4.69, 9.17) is 10.8 Å². The molecule has 0 aromatic rings. The molecule has 2 unspecified atom stereocenters. The Balaban J connectivity index is 0.000000980. The van der Waals surface area contributed by atoms with Crippen molar-refractivity contribution in [3.8, 4) is 0 Å². The van der Waals surface area contributed by atoms with Crippen LogP contribution in [0.1, 0.15) is 25.7 Å². The quantitative estimate of drug-likeness (QED) is 0.622. The molecule has 0 saturated heterocycles. The molecule has 2 rings (SSSR count). The molecule has 0 aliphatic heterocycles. The summed E-state index contributed by atoms with van der Waals surface area (Å²) in [5.74, 6) is 1.10. The average molecular weight is 221 g/mol. The lowest BCUT2D eigenvalue weighted by molar-refractivity contribution is 0.176. The summed E-state index contributed by atoms with van der Waals surface area (Å²) < 4.78 is 0. The molecular weight excluding hydrogens is 204 g/mol. The Labute approximate surface area is 89.6 Å². The number of hydrogen-bond donors (Lipinski definition) is 3. The largest absolute Gasteiger partial charge is 0.465 e. The van der Waals surface area contributed by atoms with Crippen LogP contribution in [0.2, 0.25) is 0 Å². The van der Waals surface area contributed by atoms with E-state index in [9.17, 15) is 4.79 Å². The van der Waals surface area contributed by atoms with Crippen molar-refractivity contribution in [2.45, 2.75) is 37.8 Å². The summed E-state index contributed by atoms with van der Waals surface area (Å²) in [5, 5.41) is 11.1. The van der Waals surface area contributed by atoms with E-state index in [-0.39, 0.29) is 18.4 Å². The third-order valence-corrected chi connectivity index (χ3v) is 3.50. The molecule has 2 aliphatic rings. The minimum atomic E-state index is -0.903. The van der Waals surface area contributed by atoms with E-state index in [1.54, 1.807) is 0 Å². The van der Waals surface area contributed by atoms with Crippen molar-refractivity contribution in [2.24, 2.45) is 17.6 Å². The topological polar surface area (TPSA) is 75.3 Å². The molecular formula is C9H17ClN2O2. The predicted molar refractivity (Wildman–Crippen MR) is 55.6 cm³/mol. The number of carboxylic acid groups (broad SMARTS) is 1. The van der Waals surface area contributed by atoms with Crippen LogP contribution in [0.3, 0.4) is 0 Å². The Bertz CT molecular complexity index is 211. The number of carbonyl (C=O) groups is 1. The van der Waals surface area contributed by atoms with E-state index in [1.807, 2.05) is 0 Å². The lowest BCUT2D eigenvalue weighted by atomic mass is 9.82. The molecule has 5 heteroatoms. The van der Waals surface area contributed by atoms with Crippen LogP contribution in [0, 0.1) is 11.8 Å². The van der Waals surface area contributed by atoms with Gasteiger partial charge in [-0.15, -0.1) is 12.4 Å². The van der Waals surface area contributed by atoms with Crippen LogP contribution in [0.25, 0.3) is 0 Å². The third kappa shape index (κ3) is 2.12. The van der Waals surface area contributed by atoms with Crippen LogP contribution in [-0.2, 0) is 0 Å². The lowest BCUT2D eigenvalue weighted by Gasteiger charge is -2.32. The summed E-state index contributed by atoms with van der Waals surface area (Å²) in [6.07, 6.45) is 3.33. The number of rotatable bonds is 1. The van der Waals surface area contributed by atoms with Gasteiger partial charge < -0.3 is 16.2 Å². The Morgan fingerprint density at radius 3 is 2.21 bits per heavy atom. The second-order valence-corrected chi connectivity index (χ2v) is 4.29. The highest BCUT2D eigenvalue weighted by atomic mass is 35.5. The van der Waals surface area contributed by atoms with Gasteiger partial charge in [0.2, 0.25) is 0 Å². The van der Waals surface area contributed by atoms with E-state index in [1.165, 1.54) is 12.8 Å². The number of fused-ring (bicyclic) bond motifs is 2. The molecule has 82 valence electrons. The minimum absolute atomic E-state index is 0. The normalized spacial score (nSPS) is 40.1. The van der Waals surface area contributed by atoms with Crippen molar-refractivity contribution in [2.75, 3.05) is 0 Å². The molecule has 0 aromatic carbocycles. The van der Waals surface area contributed by atoms with Crippen LogP contribution >= 0.6 is 12.4 Å². The molecule has 2 aliphatic carbocycles. The fourth-order valence-electron chi connectivity index (χ4n) is 2.87. The van der Waals surface area contributed by atoms with Gasteiger partial charge >= 0.3 is 6.09 Å². The van der Waals surface area contributed by atoms with Gasteiger partial charge in [-0.1, -0.05) is 0 Å². The zero-order valence-corrected chi connectivity index (χ0v) is 8.80. The summed E-state index contributed by atoms with van der Waals surface area (Å²) in [7, 11) is 0. The van der Waals surface area contributed by atoms with Gasteiger partial charge in [0.25, 0.3) is 0 Å². The van der Waals surface area contributed by atoms with E-state index in [0.717, 1.165) is 12.8 Å². The van der Waals surface area contributed by atoms with E-state index >= 15 is 0 Å². The molecule has 1 amide bonds. The van der Waals surface area contributed by atoms with Crippen LogP contribution in [0.4, 0.5) is 4.79 Å². The second-order valence-electron chi connectivity index (χ2n) is 4.29. The zero-order valence-electron chi connectivity index (χ0n) is 7.98. The van der Waals surface area contributed by atoms with Gasteiger partial charge in [0.1, 0.15) is 0 Å². The second kappa shape index (κ2) is 4.36. The van der Waals surface area contributed by atoms with Crippen molar-refractivity contribution in [3.63, 3.8) is 0 Å². The highest BCUT2D eigenvalue weighted by Gasteiger charge is 2.40. The van der Waals surface area contributed by atoms with Crippen molar-refractivity contribution in [1.82, 2.24) is 5.32 Å². The third-order valence-electron chi connectivity index (χ3n) is 3.50. The van der Waals surface area contributed by atoms with Gasteiger partial charge in [-0.25, -0.2) is 4.79 Å². The first-order valence-electron chi connectivity index (χ1n) is 4.92. The van der Waals surface area contributed by atoms with E-state index in [0.29, 0.717) is 17.9 Å². The first-order chi connectivity index (χ1) is 6.16. The molecule has 0 spiro atoms. The summed E-state index contributed by atoms with van der Waals surface area (Å²) in [6.45, 7) is 0. The molecule has 4 nitrogen and oxygen atoms in total. The summed E-state index contributed by atoms with van der Waals surface area (Å²) >= 11 is 0. The fourth-order valence-corrected chi connectivity index (χ4v) is 2.87. The molecule has 0 radical (unpaired) electrons. The zero-order chi connectivity index (χ0) is 9.42. The number of nitrogens with two attached hydrogens (primary N) is 1. The first-order valence-corrected chi connectivity index (χ1v) is 4.92. The highest BCUT2D eigenvalue weighted by Crippen LogP contribution is 2.41. The fraction of sp³-hybridized carbons (Fsp3) is 0.889. The SMILES string of the molecule is Cl.NC1[C@@H]2CC[C@H]1CC(NC(=O)O)C2. The molecule has 2 bridgehead atoms. The number of amides is 1. The predicted octanol–water partition coefficient (Wildman–Crippen LogP) is 1.19. The first kappa shape index (κ1) is 11.6. The molecule has 0 heterocycles. The Morgan fingerprint density at radius 1 is 1.29 bits per heavy atom. The molecule has 4 N–H and O–H groups in total. The summed E-state index contributed by atoms with van der Waals surface area (Å²) in [6, 6.07) is 0.474. The Kier molecular flexibility index (Phi) is 3.61. The average Bonchev–Trinajstić information content (AvgIpc) is 2.33. The van der Waals surface area contributed by atoms with Crippen molar-refractivity contribution < 1.29 is 9.90 Å². The number of halogens is 1. The minimum Gasteiger partial charge on any atom is -0.465 e. The van der Waals surface area contributed by atoms with Crippen molar-refractivity contribution in [3.05, 3.63) is 0 Å². The van der Waals surface area contributed by atoms with Crippen LogP contribution in [-0.4, -0.2) is 23.3 Å². The smallest absolute Gasteiger partial charge is 0.404 e.